The third kappa shape index (κ3) is 5.77. The zero-order valence-electron chi connectivity index (χ0n) is 13.3. The van der Waals surface area contributed by atoms with E-state index >= 15 is 0 Å². The van der Waals surface area contributed by atoms with Crippen LogP contribution in [0, 0.1) is 0 Å². The van der Waals surface area contributed by atoms with Gasteiger partial charge in [-0.3, -0.25) is 14.5 Å². The lowest BCUT2D eigenvalue weighted by atomic mass is 10.2. The summed E-state index contributed by atoms with van der Waals surface area (Å²) in [5.74, 6) is -0.985. The average Bonchev–Trinajstić information content (AvgIpc) is 2.47. The molecule has 1 atom stereocenters. The number of carbonyl (C=O) groups is 2. The maximum absolute atomic E-state index is 12.5. The largest absolute Gasteiger partial charge is 0.480 e. The summed E-state index contributed by atoms with van der Waals surface area (Å²) in [4.78, 5) is 26.8. The summed E-state index contributed by atoms with van der Waals surface area (Å²) in [6, 6.07) is 7.34. The second-order valence-electron chi connectivity index (χ2n) is 5.36. The highest BCUT2D eigenvalue weighted by atomic mass is 79.9. The molecule has 0 aliphatic rings. The normalized spacial score (nSPS) is 12.2. The number of aliphatic carboxylic acids is 1. The van der Waals surface area contributed by atoms with Crippen LogP contribution in [0.15, 0.2) is 28.7 Å². The van der Waals surface area contributed by atoms with E-state index < -0.39 is 12.0 Å². The van der Waals surface area contributed by atoms with Crippen molar-refractivity contribution in [2.24, 2.45) is 0 Å². The van der Waals surface area contributed by atoms with Crippen LogP contribution in [-0.2, 0) is 16.1 Å². The molecule has 6 heteroatoms. The Morgan fingerprint density at radius 1 is 1.27 bits per heavy atom. The molecule has 122 valence electrons. The van der Waals surface area contributed by atoms with Crippen LogP contribution >= 0.6 is 15.9 Å². The number of hydrogen-bond donors (Lipinski definition) is 1. The van der Waals surface area contributed by atoms with E-state index in [1.54, 1.807) is 23.8 Å². The van der Waals surface area contributed by atoms with E-state index in [-0.39, 0.29) is 12.5 Å². The van der Waals surface area contributed by atoms with Crippen molar-refractivity contribution in [1.29, 1.82) is 0 Å². The molecule has 0 saturated heterocycles. The summed E-state index contributed by atoms with van der Waals surface area (Å²) < 4.78 is 0.995. The van der Waals surface area contributed by atoms with Gasteiger partial charge in [-0.05, 0) is 37.6 Å². The Hall–Kier alpha value is -1.40. The van der Waals surface area contributed by atoms with Crippen LogP contribution in [-0.4, -0.2) is 53.0 Å². The number of likely N-dealkylation sites (N-methyl/N-ethyl adjacent to an activating group) is 1. The molecule has 0 bridgehead atoms. The number of carbonyl (C=O) groups excluding carboxylic acids is 1. The van der Waals surface area contributed by atoms with Gasteiger partial charge in [0.05, 0.1) is 12.6 Å². The van der Waals surface area contributed by atoms with E-state index in [1.165, 1.54) is 0 Å². The number of nitrogens with zero attached hydrogens (tertiary/aromatic N) is 2. The van der Waals surface area contributed by atoms with Crippen molar-refractivity contribution in [3.63, 3.8) is 0 Å². The molecule has 0 heterocycles. The molecule has 0 fully saturated rings. The second-order valence-corrected chi connectivity index (χ2v) is 6.28. The lowest BCUT2D eigenvalue weighted by molar-refractivity contribution is -0.142. The second kappa shape index (κ2) is 8.90. The Morgan fingerprint density at radius 2 is 1.86 bits per heavy atom. The molecular weight excluding hydrogens is 348 g/mol. The minimum absolute atomic E-state index is 0.0716. The third-order valence-corrected chi connectivity index (χ3v) is 3.99. The Labute approximate surface area is 140 Å². The predicted octanol–water partition coefficient (Wildman–Crippen LogP) is 2.59. The smallest absolute Gasteiger partial charge is 0.317 e. The third-order valence-electron chi connectivity index (χ3n) is 3.46. The van der Waals surface area contributed by atoms with Crippen molar-refractivity contribution < 1.29 is 14.7 Å². The van der Waals surface area contributed by atoms with Crippen LogP contribution in [0.25, 0.3) is 0 Å². The van der Waals surface area contributed by atoms with Gasteiger partial charge in [0.15, 0.2) is 0 Å². The zero-order chi connectivity index (χ0) is 16.7. The van der Waals surface area contributed by atoms with Gasteiger partial charge in [0, 0.05) is 18.1 Å². The maximum Gasteiger partial charge on any atom is 0.317 e. The molecule has 1 rings (SSSR count). The van der Waals surface area contributed by atoms with Gasteiger partial charge in [-0.1, -0.05) is 35.0 Å². The molecule has 1 N–H and O–H groups in total. The molecule has 1 amide bonds. The van der Waals surface area contributed by atoms with E-state index in [9.17, 15) is 9.59 Å². The first-order valence-electron chi connectivity index (χ1n) is 7.30. The monoisotopic (exact) mass is 370 g/mol. The van der Waals surface area contributed by atoms with E-state index in [2.05, 4.69) is 15.9 Å². The molecule has 22 heavy (non-hydrogen) atoms. The molecule has 0 aromatic heterocycles. The molecule has 0 saturated carbocycles. The lowest BCUT2D eigenvalue weighted by Crippen LogP contribution is -2.47. The van der Waals surface area contributed by atoms with Crippen molar-refractivity contribution in [3.05, 3.63) is 34.3 Å². The molecule has 0 radical (unpaired) electrons. The summed E-state index contributed by atoms with van der Waals surface area (Å²) >= 11 is 3.38. The fraction of sp³-hybridized carbons (Fsp3) is 0.500. The summed E-state index contributed by atoms with van der Waals surface area (Å²) in [5, 5.41) is 8.97. The number of rotatable bonds is 8. The Morgan fingerprint density at radius 3 is 2.36 bits per heavy atom. The first-order valence-corrected chi connectivity index (χ1v) is 8.09. The first kappa shape index (κ1) is 18.6. The van der Waals surface area contributed by atoms with Crippen molar-refractivity contribution >= 4 is 27.8 Å². The van der Waals surface area contributed by atoms with Gasteiger partial charge in [0.1, 0.15) is 0 Å². The van der Waals surface area contributed by atoms with Crippen LogP contribution in [0.1, 0.15) is 25.8 Å². The number of benzene rings is 1. The van der Waals surface area contributed by atoms with Crippen molar-refractivity contribution in [2.75, 3.05) is 20.1 Å². The van der Waals surface area contributed by atoms with Crippen molar-refractivity contribution in [1.82, 2.24) is 9.80 Å². The molecule has 0 aliphatic carbocycles. The summed E-state index contributed by atoms with van der Waals surface area (Å²) in [6.07, 6.45) is 0.807. The van der Waals surface area contributed by atoms with Gasteiger partial charge in [-0.2, -0.15) is 0 Å². The van der Waals surface area contributed by atoms with E-state index in [0.717, 1.165) is 16.5 Å². The number of amides is 1. The number of carboxylic acids is 1. The molecule has 5 nitrogen and oxygen atoms in total. The van der Waals surface area contributed by atoms with Crippen molar-refractivity contribution in [3.8, 4) is 0 Å². The highest BCUT2D eigenvalue weighted by Gasteiger charge is 2.25. The minimum atomic E-state index is -0.913. The van der Waals surface area contributed by atoms with Crippen LogP contribution < -0.4 is 0 Å². The Balaban J connectivity index is 2.70. The fourth-order valence-electron chi connectivity index (χ4n) is 2.29. The maximum atomic E-state index is 12.5. The van der Waals surface area contributed by atoms with Gasteiger partial charge in [-0.15, -0.1) is 0 Å². The first-order chi connectivity index (χ1) is 10.3. The number of carboxylic acid groups (broad SMARTS) is 1. The lowest BCUT2D eigenvalue weighted by Gasteiger charge is -2.29. The van der Waals surface area contributed by atoms with E-state index in [0.29, 0.717) is 13.1 Å². The van der Waals surface area contributed by atoms with E-state index in [1.807, 2.05) is 31.2 Å². The van der Waals surface area contributed by atoms with Crippen LogP contribution in [0.3, 0.4) is 0 Å². The van der Waals surface area contributed by atoms with Gasteiger partial charge in [0.25, 0.3) is 0 Å². The molecule has 1 aromatic rings. The average molecular weight is 371 g/mol. The highest BCUT2D eigenvalue weighted by molar-refractivity contribution is 9.10. The predicted molar refractivity (Wildman–Crippen MR) is 89.6 cm³/mol. The van der Waals surface area contributed by atoms with E-state index in [4.69, 9.17) is 5.11 Å². The standard InChI is InChI=1S/C16H23BrN2O3/c1-4-9-19(11-15(20)21)12(2)16(22)18(3)10-13-5-7-14(17)8-6-13/h5-8,12H,4,9-11H2,1-3H3,(H,20,21). The Bertz CT molecular complexity index is 505. The molecular formula is C16H23BrN2O3. The topological polar surface area (TPSA) is 60.9 Å². The number of hydrogen-bond acceptors (Lipinski definition) is 3. The van der Waals surface area contributed by atoms with Gasteiger partial charge >= 0.3 is 5.97 Å². The SMILES string of the molecule is CCCN(CC(=O)O)C(C)C(=O)N(C)Cc1ccc(Br)cc1. The minimum Gasteiger partial charge on any atom is -0.480 e. The number of halogens is 1. The molecule has 1 aromatic carbocycles. The molecule has 1 unspecified atom stereocenters. The van der Waals surface area contributed by atoms with Crippen LogP contribution in [0.2, 0.25) is 0 Å². The quantitative estimate of drug-likeness (QED) is 0.763. The van der Waals surface area contributed by atoms with Crippen molar-refractivity contribution in [2.45, 2.75) is 32.9 Å². The fourth-order valence-corrected chi connectivity index (χ4v) is 2.55. The van der Waals surface area contributed by atoms with Gasteiger partial charge in [-0.25, -0.2) is 0 Å². The van der Waals surface area contributed by atoms with Gasteiger partial charge < -0.3 is 10.0 Å². The zero-order valence-corrected chi connectivity index (χ0v) is 14.8. The molecule has 0 aliphatic heterocycles. The van der Waals surface area contributed by atoms with Gasteiger partial charge in [0.2, 0.25) is 5.91 Å². The summed E-state index contributed by atoms with van der Waals surface area (Å²) in [6.45, 7) is 4.71. The Kier molecular flexibility index (Phi) is 7.55. The highest BCUT2D eigenvalue weighted by Crippen LogP contribution is 2.13. The summed E-state index contributed by atoms with van der Waals surface area (Å²) in [5.41, 5.74) is 1.03. The van der Waals surface area contributed by atoms with Crippen LogP contribution in [0.5, 0.6) is 0 Å². The van der Waals surface area contributed by atoms with Crippen LogP contribution in [0.4, 0.5) is 0 Å². The summed E-state index contributed by atoms with van der Waals surface area (Å²) in [7, 11) is 1.74. The molecule has 0 spiro atoms.